The predicted molar refractivity (Wildman–Crippen MR) is 99.1 cm³/mol. The highest BCUT2D eigenvalue weighted by Gasteiger charge is 2.23. The lowest BCUT2D eigenvalue weighted by molar-refractivity contribution is -0.878. The van der Waals surface area contributed by atoms with Gasteiger partial charge in [0.15, 0.2) is 6.54 Å². The number of thiophene rings is 1. The lowest BCUT2D eigenvalue weighted by Gasteiger charge is -2.11. The third-order valence-corrected chi connectivity index (χ3v) is 5.41. The van der Waals surface area contributed by atoms with Gasteiger partial charge in [-0.1, -0.05) is 30.3 Å². The smallest absolute Gasteiger partial charge is 0.350 e. The van der Waals surface area contributed by atoms with Crippen LogP contribution in [0.4, 0.5) is 5.69 Å². The standard InChI is InChI=1S/C19H22N2O3S/c1-2-24-19(23)18-15(20-17(22)13-21-10-6-7-11-21)12-16(25-18)14-8-4-3-5-9-14/h3-5,8-9,12H,2,6-7,10-11,13H2,1H3,(H,20,22)/p+1. The Morgan fingerprint density at radius 2 is 1.92 bits per heavy atom. The highest BCUT2D eigenvalue weighted by molar-refractivity contribution is 7.18. The van der Waals surface area contributed by atoms with E-state index in [-0.39, 0.29) is 5.91 Å². The van der Waals surface area contributed by atoms with Crippen LogP contribution in [0.3, 0.4) is 0 Å². The molecule has 2 N–H and O–H groups in total. The molecule has 1 aliphatic rings. The first-order valence-corrected chi connectivity index (χ1v) is 9.49. The first kappa shape index (κ1) is 17.6. The van der Waals surface area contributed by atoms with Crippen LogP contribution in [-0.4, -0.2) is 38.1 Å². The highest BCUT2D eigenvalue weighted by atomic mass is 32.1. The van der Waals surface area contributed by atoms with E-state index in [1.807, 2.05) is 36.4 Å². The van der Waals surface area contributed by atoms with Crippen molar-refractivity contribution in [3.63, 3.8) is 0 Å². The monoisotopic (exact) mass is 359 g/mol. The fourth-order valence-corrected chi connectivity index (χ4v) is 4.06. The van der Waals surface area contributed by atoms with Crippen LogP contribution in [0.2, 0.25) is 0 Å². The van der Waals surface area contributed by atoms with Crippen molar-refractivity contribution in [1.29, 1.82) is 0 Å². The van der Waals surface area contributed by atoms with Crippen LogP contribution in [0.1, 0.15) is 29.4 Å². The van der Waals surface area contributed by atoms with E-state index in [0.717, 1.165) is 23.5 Å². The zero-order valence-electron chi connectivity index (χ0n) is 14.3. The molecular formula is C19H23N2O3S+. The summed E-state index contributed by atoms with van der Waals surface area (Å²) >= 11 is 1.35. The number of carbonyl (C=O) groups is 2. The molecule has 25 heavy (non-hydrogen) atoms. The Bertz CT molecular complexity index is 736. The maximum atomic E-state index is 12.4. The number of esters is 1. The number of carbonyl (C=O) groups excluding carboxylic acids is 2. The van der Waals surface area contributed by atoms with Gasteiger partial charge in [0.1, 0.15) is 4.88 Å². The topological polar surface area (TPSA) is 59.8 Å². The minimum atomic E-state index is -0.390. The first-order chi connectivity index (χ1) is 12.2. The Balaban J connectivity index is 1.81. The number of hydrogen-bond acceptors (Lipinski definition) is 4. The molecule has 1 aromatic carbocycles. The number of anilines is 1. The van der Waals surface area contributed by atoms with Crippen molar-refractivity contribution < 1.29 is 19.2 Å². The molecule has 132 valence electrons. The molecule has 1 saturated heterocycles. The molecule has 2 heterocycles. The third kappa shape index (κ3) is 4.46. The lowest BCUT2D eigenvalue weighted by Crippen LogP contribution is -3.11. The normalized spacial score (nSPS) is 14.4. The molecule has 3 rings (SSSR count). The van der Waals surface area contributed by atoms with Crippen molar-refractivity contribution in [3.05, 3.63) is 41.3 Å². The summed E-state index contributed by atoms with van der Waals surface area (Å²) in [7, 11) is 0. The number of ether oxygens (including phenoxy) is 1. The SMILES string of the molecule is CCOC(=O)c1sc(-c2ccccc2)cc1NC(=O)C[NH+]1CCCC1. The van der Waals surface area contributed by atoms with E-state index in [9.17, 15) is 9.59 Å². The number of benzene rings is 1. The van der Waals surface area contributed by atoms with Crippen LogP contribution in [-0.2, 0) is 9.53 Å². The fourth-order valence-electron chi connectivity index (χ4n) is 3.05. The van der Waals surface area contributed by atoms with E-state index < -0.39 is 5.97 Å². The Labute approximate surface area is 151 Å². The van der Waals surface area contributed by atoms with E-state index >= 15 is 0 Å². The molecule has 0 unspecified atom stereocenters. The van der Waals surface area contributed by atoms with Crippen LogP contribution >= 0.6 is 11.3 Å². The van der Waals surface area contributed by atoms with Gasteiger partial charge in [0.2, 0.25) is 0 Å². The molecular weight excluding hydrogens is 336 g/mol. The van der Waals surface area contributed by atoms with E-state index in [2.05, 4.69) is 5.32 Å². The molecule has 0 radical (unpaired) electrons. The fraction of sp³-hybridized carbons (Fsp3) is 0.368. The zero-order chi connectivity index (χ0) is 17.6. The van der Waals surface area contributed by atoms with Crippen molar-refractivity contribution in [2.24, 2.45) is 0 Å². The van der Waals surface area contributed by atoms with Crippen LogP contribution in [0.25, 0.3) is 10.4 Å². The average Bonchev–Trinajstić information content (AvgIpc) is 3.26. The number of nitrogens with one attached hydrogen (secondary N) is 2. The number of quaternary nitrogens is 1. The second kappa shape index (κ2) is 8.27. The van der Waals surface area contributed by atoms with Crippen molar-refractivity contribution in [2.45, 2.75) is 19.8 Å². The molecule has 1 aliphatic heterocycles. The number of amides is 1. The Morgan fingerprint density at radius 1 is 1.20 bits per heavy atom. The largest absolute Gasteiger partial charge is 0.462 e. The second-order valence-electron chi connectivity index (χ2n) is 6.12. The number of likely N-dealkylation sites (tertiary alicyclic amines) is 1. The molecule has 5 nitrogen and oxygen atoms in total. The molecule has 1 fully saturated rings. The van der Waals surface area contributed by atoms with Crippen molar-refractivity contribution >= 4 is 28.9 Å². The molecule has 1 amide bonds. The van der Waals surface area contributed by atoms with Gasteiger partial charge in [-0.2, -0.15) is 0 Å². The summed E-state index contributed by atoms with van der Waals surface area (Å²) in [4.78, 5) is 27.3. The quantitative estimate of drug-likeness (QED) is 0.778. The van der Waals surface area contributed by atoms with Gasteiger partial charge >= 0.3 is 5.97 Å². The van der Waals surface area contributed by atoms with E-state index in [1.54, 1.807) is 6.92 Å². The number of hydrogen-bond donors (Lipinski definition) is 2. The van der Waals surface area contributed by atoms with Gasteiger partial charge in [0.05, 0.1) is 25.4 Å². The predicted octanol–water partition coefficient (Wildman–Crippen LogP) is 2.21. The zero-order valence-corrected chi connectivity index (χ0v) is 15.2. The van der Waals surface area contributed by atoms with Crippen LogP contribution in [0.5, 0.6) is 0 Å². The maximum Gasteiger partial charge on any atom is 0.350 e. The summed E-state index contributed by atoms with van der Waals surface area (Å²) < 4.78 is 5.15. The van der Waals surface area contributed by atoms with Crippen LogP contribution in [0, 0.1) is 0 Å². The summed E-state index contributed by atoms with van der Waals surface area (Å²) in [6.45, 7) is 4.61. The molecule has 1 aromatic heterocycles. The maximum absolute atomic E-state index is 12.4. The summed E-state index contributed by atoms with van der Waals surface area (Å²) in [5, 5.41) is 2.92. The first-order valence-electron chi connectivity index (χ1n) is 8.67. The molecule has 0 spiro atoms. The molecule has 6 heteroatoms. The summed E-state index contributed by atoms with van der Waals surface area (Å²) in [6, 6.07) is 11.7. The molecule has 2 aromatic rings. The molecule has 0 atom stereocenters. The lowest BCUT2D eigenvalue weighted by atomic mass is 10.2. The van der Waals surface area contributed by atoms with E-state index in [0.29, 0.717) is 23.7 Å². The Kier molecular flexibility index (Phi) is 5.83. The Morgan fingerprint density at radius 3 is 2.60 bits per heavy atom. The minimum absolute atomic E-state index is 0.0557. The summed E-state index contributed by atoms with van der Waals surface area (Å²) in [6.07, 6.45) is 2.35. The van der Waals surface area contributed by atoms with Crippen molar-refractivity contribution in [3.8, 4) is 10.4 Å². The molecule has 0 bridgehead atoms. The van der Waals surface area contributed by atoms with Gasteiger partial charge in [-0.05, 0) is 18.6 Å². The van der Waals surface area contributed by atoms with Gasteiger partial charge in [0, 0.05) is 17.7 Å². The summed E-state index contributed by atoms with van der Waals surface area (Å²) in [5.41, 5.74) is 1.56. The minimum Gasteiger partial charge on any atom is -0.462 e. The summed E-state index contributed by atoms with van der Waals surface area (Å²) in [5.74, 6) is -0.446. The molecule has 0 aliphatic carbocycles. The van der Waals surface area contributed by atoms with Gasteiger partial charge in [-0.25, -0.2) is 4.79 Å². The van der Waals surface area contributed by atoms with Gasteiger partial charge < -0.3 is 15.0 Å². The number of rotatable bonds is 6. The van der Waals surface area contributed by atoms with Gasteiger partial charge in [-0.15, -0.1) is 11.3 Å². The van der Waals surface area contributed by atoms with E-state index in [1.165, 1.54) is 29.1 Å². The van der Waals surface area contributed by atoms with Crippen LogP contribution in [0.15, 0.2) is 36.4 Å². The molecule has 0 saturated carbocycles. The van der Waals surface area contributed by atoms with E-state index in [4.69, 9.17) is 4.74 Å². The second-order valence-corrected chi connectivity index (χ2v) is 7.17. The van der Waals surface area contributed by atoms with Gasteiger partial charge in [-0.3, -0.25) is 4.79 Å². The van der Waals surface area contributed by atoms with Crippen molar-refractivity contribution in [2.75, 3.05) is 31.6 Å². The van der Waals surface area contributed by atoms with Crippen LogP contribution < -0.4 is 10.2 Å². The average molecular weight is 359 g/mol. The Hall–Kier alpha value is -2.18. The van der Waals surface area contributed by atoms with Crippen molar-refractivity contribution in [1.82, 2.24) is 0 Å². The third-order valence-electron chi connectivity index (χ3n) is 4.25. The highest BCUT2D eigenvalue weighted by Crippen LogP contribution is 2.35. The van der Waals surface area contributed by atoms with Gasteiger partial charge in [0.25, 0.3) is 5.91 Å².